The number of aromatic nitrogens is 2. The van der Waals surface area contributed by atoms with Gasteiger partial charge in [-0.3, -0.25) is 24.4 Å². The summed E-state index contributed by atoms with van der Waals surface area (Å²) in [6.45, 7) is 4.11. The fourth-order valence-electron chi connectivity index (χ4n) is 1.95. The molecule has 1 heterocycles. The van der Waals surface area contributed by atoms with Gasteiger partial charge in [0.15, 0.2) is 0 Å². The van der Waals surface area contributed by atoms with Crippen LogP contribution >= 0.6 is 0 Å². The molecule has 122 valence electrons. The van der Waals surface area contributed by atoms with Gasteiger partial charge in [-0.1, -0.05) is 13.8 Å². The van der Waals surface area contributed by atoms with E-state index in [1.807, 2.05) is 13.8 Å². The van der Waals surface area contributed by atoms with Crippen molar-refractivity contribution in [2.24, 2.45) is 11.8 Å². The average molecular weight is 312 g/mol. The molecule has 1 rings (SSSR count). The van der Waals surface area contributed by atoms with Crippen LogP contribution in [0.25, 0.3) is 0 Å². The Hall–Kier alpha value is -2.45. The Morgan fingerprint density at radius 3 is 2.68 bits per heavy atom. The van der Waals surface area contributed by atoms with E-state index < -0.39 is 16.8 Å². The van der Waals surface area contributed by atoms with Crippen molar-refractivity contribution in [1.82, 2.24) is 15.1 Å². The zero-order chi connectivity index (χ0) is 16.7. The van der Waals surface area contributed by atoms with Crippen LogP contribution in [0, 0.1) is 22.0 Å². The minimum atomic E-state index is -0.934. The lowest BCUT2D eigenvalue weighted by Gasteiger charge is -2.15. The summed E-state index contributed by atoms with van der Waals surface area (Å²) in [6.07, 6.45) is 2.92. The molecule has 1 unspecified atom stereocenters. The maximum atomic E-state index is 11.7. The van der Waals surface area contributed by atoms with Crippen LogP contribution < -0.4 is 5.32 Å². The Bertz CT molecular complexity index is 540. The van der Waals surface area contributed by atoms with E-state index in [9.17, 15) is 19.7 Å². The van der Waals surface area contributed by atoms with Crippen molar-refractivity contribution in [2.75, 3.05) is 6.54 Å². The summed E-state index contributed by atoms with van der Waals surface area (Å²) in [5.74, 6) is -1.64. The average Bonchev–Trinajstić information content (AvgIpc) is 2.89. The fraction of sp³-hybridized carbons (Fsp3) is 0.615. The minimum Gasteiger partial charge on any atom is -0.481 e. The number of carboxylic acids is 1. The van der Waals surface area contributed by atoms with Gasteiger partial charge >= 0.3 is 11.7 Å². The highest BCUT2D eigenvalue weighted by Gasteiger charge is 2.19. The number of carbonyl (C=O) groups is 2. The van der Waals surface area contributed by atoms with E-state index in [4.69, 9.17) is 5.11 Å². The highest BCUT2D eigenvalue weighted by molar-refractivity contribution is 5.77. The summed E-state index contributed by atoms with van der Waals surface area (Å²) >= 11 is 0. The molecular formula is C13H20N4O5. The van der Waals surface area contributed by atoms with E-state index in [1.54, 1.807) is 0 Å². The number of amides is 1. The van der Waals surface area contributed by atoms with Crippen LogP contribution in [0.2, 0.25) is 0 Å². The molecule has 1 aromatic heterocycles. The number of carboxylic acid groups (broad SMARTS) is 1. The van der Waals surface area contributed by atoms with Crippen LogP contribution in [0.1, 0.15) is 26.7 Å². The molecule has 0 saturated carbocycles. The largest absolute Gasteiger partial charge is 0.481 e. The molecule has 1 atom stereocenters. The summed E-state index contributed by atoms with van der Waals surface area (Å²) in [6, 6.07) is 0. The number of aliphatic carboxylic acids is 1. The minimum absolute atomic E-state index is 0.0750. The number of hydrogen-bond acceptors (Lipinski definition) is 5. The number of hydrogen-bond donors (Lipinski definition) is 2. The van der Waals surface area contributed by atoms with Gasteiger partial charge in [0.2, 0.25) is 5.91 Å². The summed E-state index contributed by atoms with van der Waals surface area (Å²) in [5, 5.41) is 25.9. The third kappa shape index (κ3) is 5.90. The van der Waals surface area contributed by atoms with Crippen LogP contribution in [0.15, 0.2) is 12.4 Å². The smallest absolute Gasteiger partial charge is 0.308 e. The quantitative estimate of drug-likeness (QED) is 0.518. The maximum Gasteiger partial charge on any atom is 0.308 e. The summed E-state index contributed by atoms with van der Waals surface area (Å²) in [7, 11) is 0. The van der Waals surface area contributed by atoms with Crippen LogP contribution in [0.4, 0.5) is 5.69 Å². The summed E-state index contributed by atoms with van der Waals surface area (Å²) in [5.41, 5.74) is -0.136. The van der Waals surface area contributed by atoms with Gasteiger partial charge in [-0.2, -0.15) is 5.10 Å². The predicted octanol–water partition coefficient (Wildman–Crippen LogP) is 1.04. The molecule has 1 amide bonds. The zero-order valence-corrected chi connectivity index (χ0v) is 12.6. The van der Waals surface area contributed by atoms with Crippen LogP contribution in [0.5, 0.6) is 0 Å². The highest BCUT2D eigenvalue weighted by Crippen LogP contribution is 2.11. The lowest BCUT2D eigenvalue weighted by atomic mass is 9.97. The van der Waals surface area contributed by atoms with E-state index in [2.05, 4.69) is 10.4 Å². The number of rotatable bonds is 9. The number of carbonyl (C=O) groups excluding carboxylic acids is 1. The molecule has 0 spiro atoms. The molecule has 0 aliphatic heterocycles. The van der Waals surface area contributed by atoms with Gasteiger partial charge in [-0.25, -0.2) is 0 Å². The topological polar surface area (TPSA) is 127 Å². The van der Waals surface area contributed by atoms with Gasteiger partial charge in [0.25, 0.3) is 0 Å². The van der Waals surface area contributed by atoms with Crippen molar-refractivity contribution in [3.63, 3.8) is 0 Å². The van der Waals surface area contributed by atoms with Gasteiger partial charge in [-0.15, -0.1) is 0 Å². The van der Waals surface area contributed by atoms with Crippen molar-refractivity contribution < 1.29 is 19.6 Å². The molecular weight excluding hydrogens is 292 g/mol. The Labute approximate surface area is 127 Å². The monoisotopic (exact) mass is 312 g/mol. The highest BCUT2D eigenvalue weighted by atomic mass is 16.6. The molecule has 0 aromatic carbocycles. The van der Waals surface area contributed by atoms with E-state index in [0.29, 0.717) is 6.42 Å². The summed E-state index contributed by atoms with van der Waals surface area (Å²) < 4.78 is 1.31. The van der Waals surface area contributed by atoms with Crippen LogP contribution in [-0.4, -0.2) is 38.2 Å². The Kier molecular flexibility index (Phi) is 6.48. The maximum absolute atomic E-state index is 11.7. The van der Waals surface area contributed by atoms with Crippen LogP contribution in [-0.2, 0) is 16.1 Å². The van der Waals surface area contributed by atoms with Crippen molar-refractivity contribution >= 4 is 17.6 Å². The Morgan fingerprint density at radius 2 is 2.18 bits per heavy atom. The van der Waals surface area contributed by atoms with E-state index in [1.165, 1.54) is 10.9 Å². The number of nitro groups is 1. The lowest BCUT2D eigenvalue weighted by Crippen LogP contribution is -2.34. The lowest BCUT2D eigenvalue weighted by molar-refractivity contribution is -0.385. The first kappa shape index (κ1) is 17.6. The third-order valence-electron chi connectivity index (χ3n) is 3.05. The van der Waals surface area contributed by atoms with Gasteiger partial charge in [0, 0.05) is 19.5 Å². The van der Waals surface area contributed by atoms with E-state index in [-0.39, 0.29) is 37.0 Å². The zero-order valence-electron chi connectivity index (χ0n) is 12.6. The first-order chi connectivity index (χ1) is 10.3. The molecule has 0 fully saturated rings. The van der Waals surface area contributed by atoms with Gasteiger partial charge in [-0.05, 0) is 12.3 Å². The molecule has 22 heavy (non-hydrogen) atoms. The van der Waals surface area contributed by atoms with Gasteiger partial charge in [0.05, 0.1) is 10.8 Å². The van der Waals surface area contributed by atoms with Gasteiger partial charge < -0.3 is 10.4 Å². The number of aryl methyl sites for hydroxylation is 1. The Balaban J connectivity index is 2.38. The first-order valence-electron chi connectivity index (χ1n) is 6.96. The molecule has 0 bridgehead atoms. The molecule has 0 aliphatic carbocycles. The standard InChI is InChI=1S/C13H20N4O5/c1-9(2)5-10(13(19)20)6-14-12(18)3-4-16-8-11(7-15-16)17(21)22/h7-10H,3-6H2,1-2H3,(H,14,18)(H,19,20). The molecule has 1 aromatic rings. The molecule has 9 nitrogen and oxygen atoms in total. The van der Waals surface area contributed by atoms with Crippen molar-refractivity contribution in [3.05, 3.63) is 22.5 Å². The molecule has 0 aliphatic rings. The van der Waals surface area contributed by atoms with Crippen LogP contribution in [0.3, 0.4) is 0 Å². The SMILES string of the molecule is CC(C)CC(CNC(=O)CCn1cc([N+](=O)[O-])cn1)C(=O)O. The molecule has 0 radical (unpaired) electrons. The summed E-state index contributed by atoms with van der Waals surface area (Å²) in [4.78, 5) is 32.7. The van der Waals surface area contributed by atoms with Gasteiger partial charge in [0.1, 0.15) is 12.4 Å². The second-order valence-electron chi connectivity index (χ2n) is 5.44. The first-order valence-corrected chi connectivity index (χ1v) is 6.96. The third-order valence-corrected chi connectivity index (χ3v) is 3.05. The number of nitrogens with one attached hydrogen (secondary N) is 1. The molecule has 9 heteroatoms. The Morgan fingerprint density at radius 1 is 1.50 bits per heavy atom. The second kappa shape index (κ2) is 8.11. The van der Waals surface area contributed by atoms with Crippen molar-refractivity contribution in [3.8, 4) is 0 Å². The van der Waals surface area contributed by atoms with Crippen molar-refractivity contribution in [1.29, 1.82) is 0 Å². The van der Waals surface area contributed by atoms with E-state index >= 15 is 0 Å². The molecule has 0 saturated heterocycles. The number of nitrogens with zero attached hydrogens (tertiary/aromatic N) is 3. The van der Waals surface area contributed by atoms with Crippen molar-refractivity contribution in [2.45, 2.75) is 33.2 Å². The molecule has 2 N–H and O–H groups in total. The predicted molar refractivity (Wildman–Crippen MR) is 77.1 cm³/mol. The van der Waals surface area contributed by atoms with E-state index in [0.717, 1.165) is 6.20 Å². The fourth-order valence-corrected chi connectivity index (χ4v) is 1.95. The second-order valence-corrected chi connectivity index (χ2v) is 5.44. The normalized spacial score (nSPS) is 12.1.